The molecule has 0 bridgehead atoms. The van der Waals surface area contributed by atoms with E-state index in [4.69, 9.17) is 10.2 Å². The van der Waals surface area contributed by atoms with Crippen molar-refractivity contribution in [3.63, 3.8) is 0 Å². The molecule has 0 aliphatic heterocycles. The van der Waals surface area contributed by atoms with Crippen molar-refractivity contribution in [3.8, 4) is 0 Å². The zero-order valence-electron chi connectivity index (χ0n) is 8.08. The second-order valence-electron chi connectivity index (χ2n) is 3.28. The summed E-state index contributed by atoms with van der Waals surface area (Å²) in [6.07, 6.45) is 0.230. The van der Waals surface area contributed by atoms with Gasteiger partial charge in [0, 0.05) is 18.2 Å². The van der Waals surface area contributed by atoms with Gasteiger partial charge in [0.15, 0.2) is 0 Å². The van der Waals surface area contributed by atoms with Gasteiger partial charge < -0.3 is 15.5 Å². The monoisotopic (exact) mass is 187 g/mol. The molecule has 0 aromatic rings. The van der Waals surface area contributed by atoms with Crippen molar-refractivity contribution < 1.29 is 15.0 Å². The number of hydrogen-bond donors (Lipinski definition) is 3. The van der Waals surface area contributed by atoms with Gasteiger partial charge in [0.05, 0.1) is 6.10 Å². The van der Waals surface area contributed by atoms with Gasteiger partial charge in [-0.05, 0) is 20.3 Å². The molecular weight excluding hydrogens is 170 g/mol. The molecule has 0 aliphatic rings. The van der Waals surface area contributed by atoms with E-state index in [-0.39, 0.29) is 24.3 Å². The van der Waals surface area contributed by atoms with Crippen LogP contribution in [0, 0.1) is 0 Å². The molecule has 0 rings (SSSR count). The van der Waals surface area contributed by atoms with Crippen molar-refractivity contribution in [3.05, 3.63) is 12.2 Å². The maximum absolute atomic E-state index is 10.3. The Morgan fingerprint density at radius 2 is 2.08 bits per heavy atom. The van der Waals surface area contributed by atoms with Gasteiger partial charge in [-0.25, -0.2) is 4.79 Å². The van der Waals surface area contributed by atoms with E-state index in [1.807, 2.05) is 6.92 Å². The minimum absolute atomic E-state index is 0.0936. The van der Waals surface area contributed by atoms with Gasteiger partial charge in [-0.15, -0.1) is 0 Å². The van der Waals surface area contributed by atoms with Crippen molar-refractivity contribution in [2.75, 3.05) is 6.54 Å². The molecule has 4 nitrogen and oxygen atoms in total. The molecule has 0 fully saturated rings. The van der Waals surface area contributed by atoms with E-state index in [2.05, 4.69) is 11.9 Å². The van der Waals surface area contributed by atoms with Gasteiger partial charge in [0.25, 0.3) is 0 Å². The second kappa shape index (κ2) is 5.72. The fourth-order valence-corrected chi connectivity index (χ4v) is 0.968. The molecule has 76 valence electrons. The molecule has 0 aromatic heterocycles. The summed E-state index contributed by atoms with van der Waals surface area (Å²) in [5.41, 5.74) is 0.137. The molecule has 3 N–H and O–H groups in total. The number of carbonyl (C=O) groups is 1. The van der Waals surface area contributed by atoms with Crippen molar-refractivity contribution in [1.29, 1.82) is 0 Å². The number of aliphatic hydroxyl groups is 1. The Hall–Kier alpha value is -0.870. The van der Waals surface area contributed by atoms with E-state index in [9.17, 15) is 4.79 Å². The van der Waals surface area contributed by atoms with E-state index >= 15 is 0 Å². The minimum Gasteiger partial charge on any atom is -0.478 e. The standard InChI is InChI=1S/C9H17NO3/c1-6(9(12)13)5-10-7(2)4-8(3)11/h7-8,10-11H,1,4-5H2,2-3H3,(H,12,13). The summed E-state index contributed by atoms with van der Waals surface area (Å²) >= 11 is 0. The molecule has 0 amide bonds. The smallest absolute Gasteiger partial charge is 0.332 e. The molecule has 13 heavy (non-hydrogen) atoms. The van der Waals surface area contributed by atoms with Crippen molar-refractivity contribution in [2.45, 2.75) is 32.4 Å². The van der Waals surface area contributed by atoms with Crippen molar-refractivity contribution >= 4 is 5.97 Å². The Morgan fingerprint density at radius 1 is 1.54 bits per heavy atom. The zero-order valence-corrected chi connectivity index (χ0v) is 8.08. The molecule has 0 radical (unpaired) electrons. The number of carboxylic acid groups (broad SMARTS) is 1. The molecule has 0 saturated heterocycles. The average Bonchev–Trinajstić information content (AvgIpc) is 1.98. The molecule has 0 spiro atoms. The first-order valence-electron chi connectivity index (χ1n) is 4.26. The zero-order chi connectivity index (χ0) is 10.4. The van der Waals surface area contributed by atoms with Gasteiger partial charge in [-0.1, -0.05) is 6.58 Å². The van der Waals surface area contributed by atoms with Crippen LogP contribution in [-0.4, -0.2) is 34.9 Å². The number of aliphatic hydroxyl groups excluding tert-OH is 1. The van der Waals surface area contributed by atoms with Crippen LogP contribution in [0.5, 0.6) is 0 Å². The fraction of sp³-hybridized carbons (Fsp3) is 0.667. The number of carboxylic acids is 1. The molecule has 0 saturated carbocycles. The first kappa shape index (κ1) is 12.1. The largest absolute Gasteiger partial charge is 0.478 e. The third-order valence-electron chi connectivity index (χ3n) is 1.66. The summed E-state index contributed by atoms with van der Waals surface area (Å²) in [6, 6.07) is 0.0936. The Labute approximate surface area is 78.3 Å². The van der Waals surface area contributed by atoms with Crippen molar-refractivity contribution in [2.24, 2.45) is 0 Å². The predicted molar refractivity (Wildman–Crippen MR) is 50.5 cm³/mol. The Kier molecular flexibility index (Phi) is 5.34. The third kappa shape index (κ3) is 6.31. The van der Waals surface area contributed by atoms with Crippen LogP contribution < -0.4 is 5.32 Å². The van der Waals surface area contributed by atoms with E-state index in [1.54, 1.807) is 6.92 Å². The van der Waals surface area contributed by atoms with Crippen LogP contribution in [0.25, 0.3) is 0 Å². The van der Waals surface area contributed by atoms with E-state index in [0.717, 1.165) is 0 Å². The summed E-state index contributed by atoms with van der Waals surface area (Å²) in [5, 5.41) is 20.5. The summed E-state index contributed by atoms with van der Waals surface area (Å²) < 4.78 is 0. The quantitative estimate of drug-likeness (QED) is 0.526. The molecular formula is C9H17NO3. The van der Waals surface area contributed by atoms with Crippen LogP contribution in [0.3, 0.4) is 0 Å². The molecule has 4 heteroatoms. The topological polar surface area (TPSA) is 69.6 Å². The number of aliphatic carboxylic acids is 1. The molecule has 0 aromatic carbocycles. The normalized spacial score (nSPS) is 15.0. The van der Waals surface area contributed by atoms with E-state index < -0.39 is 5.97 Å². The Balaban J connectivity index is 3.64. The highest BCUT2D eigenvalue weighted by Gasteiger charge is 2.08. The first-order valence-corrected chi connectivity index (χ1v) is 4.26. The molecule has 0 heterocycles. The summed E-state index contributed by atoms with van der Waals surface area (Å²) in [7, 11) is 0. The maximum atomic E-state index is 10.3. The van der Waals surface area contributed by atoms with Gasteiger partial charge in [-0.3, -0.25) is 0 Å². The van der Waals surface area contributed by atoms with Crippen LogP contribution in [-0.2, 0) is 4.79 Å². The Morgan fingerprint density at radius 3 is 2.46 bits per heavy atom. The lowest BCUT2D eigenvalue weighted by Gasteiger charge is -2.14. The summed E-state index contributed by atoms with van der Waals surface area (Å²) in [5.74, 6) is -0.989. The second-order valence-corrected chi connectivity index (χ2v) is 3.28. The number of hydrogen-bond acceptors (Lipinski definition) is 3. The van der Waals surface area contributed by atoms with Crippen LogP contribution in [0.1, 0.15) is 20.3 Å². The number of nitrogens with one attached hydrogen (secondary N) is 1. The van der Waals surface area contributed by atoms with Crippen LogP contribution >= 0.6 is 0 Å². The number of rotatable bonds is 6. The van der Waals surface area contributed by atoms with Gasteiger partial charge in [-0.2, -0.15) is 0 Å². The van der Waals surface area contributed by atoms with E-state index in [1.165, 1.54) is 0 Å². The molecule has 0 aliphatic carbocycles. The van der Waals surface area contributed by atoms with Crippen molar-refractivity contribution in [1.82, 2.24) is 5.32 Å². The van der Waals surface area contributed by atoms with Gasteiger partial charge >= 0.3 is 5.97 Å². The fourth-order valence-electron chi connectivity index (χ4n) is 0.968. The molecule has 2 unspecified atom stereocenters. The Bertz CT molecular complexity index is 189. The minimum atomic E-state index is -0.989. The maximum Gasteiger partial charge on any atom is 0.332 e. The average molecular weight is 187 g/mol. The summed E-state index contributed by atoms with van der Waals surface area (Å²) in [6.45, 7) is 7.22. The van der Waals surface area contributed by atoms with E-state index in [0.29, 0.717) is 6.42 Å². The van der Waals surface area contributed by atoms with Crippen LogP contribution in [0.15, 0.2) is 12.2 Å². The highest BCUT2D eigenvalue weighted by molar-refractivity contribution is 5.86. The third-order valence-corrected chi connectivity index (χ3v) is 1.66. The highest BCUT2D eigenvalue weighted by atomic mass is 16.4. The van der Waals surface area contributed by atoms with Crippen LogP contribution in [0.2, 0.25) is 0 Å². The predicted octanol–water partition coefficient (Wildman–Crippen LogP) is 0.376. The lowest BCUT2D eigenvalue weighted by atomic mass is 10.1. The SMILES string of the molecule is C=C(CNC(C)CC(C)O)C(=O)O. The first-order chi connectivity index (χ1) is 5.93. The lowest BCUT2D eigenvalue weighted by Crippen LogP contribution is -2.31. The van der Waals surface area contributed by atoms with Gasteiger partial charge in [0.1, 0.15) is 0 Å². The highest BCUT2D eigenvalue weighted by Crippen LogP contribution is 1.97. The summed E-state index contributed by atoms with van der Waals surface area (Å²) in [4.78, 5) is 10.3. The lowest BCUT2D eigenvalue weighted by molar-refractivity contribution is -0.132. The molecule has 2 atom stereocenters. The van der Waals surface area contributed by atoms with Gasteiger partial charge in [0.2, 0.25) is 0 Å². The van der Waals surface area contributed by atoms with Crippen LogP contribution in [0.4, 0.5) is 0 Å².